The van der Waals surface area contributed by atoms with E-state index < -0.39 is 0 Å². The number of nitrogens with zero attached hydrogens (tertiary/aromatic N) is 4. The van der Waals surface area contributed by atoms with Gasteiger partial charge >= 0.3 is 0 Å². The van der Waals surface area contributed by atoms with E-state index in [1.807, 2.05) is 6.07 Å². The lowest BCUT2D eigenvalue weighted by Crippen LogP contribution is -2.38. The first kappa shape index (κ1) is 19.2. The SMILES string of the molecule is O=c1[nH]c(NCc2ccc(Cl)c(Cl)c2)nc2cnn(CCN3CCOCC3)c12. The summed E-state index contributed by atoms with van der Waals surface area (Å²) in [6, 6.07) is 5.37. The Hall–Kier alpha value is -2.13. The van der Waals surface area contributed by atoms with Crippen molar-refractivity contribution >= 4 is 40.2 Å². The van der Waals surface area contributed by atoms with Crippen molar-refractivity contribution in [3.05, 3.63) is 50.4 Å². The molecule has 3 heterocycles. The van der Waals surface area contributed by atoms with Gasteiger partial charge in [-0.15, -0.1) is 0 Å². The maximum Gasteiger partial charge on any atom is 0.278 e. The second-order valence-electron chi connectivity index (χ2n) is 6.57. The molecule has 1 saturated heterocycles. The van der Waals surface area contributed by atoms with E-state index in [0.717, 1.165) is 38.4 Å². The minimum Gasteiger partial charge on any atom is -0.379 e. The summed E-state index contributed by atoms with van der Waals surface area (Å²) in [7, 11) is 0. The van der Waals surface area contributed by atoms with Gasteiger partial charge in [0.2, 0.25) is 5.95 Å². The molecule has 1 fully saturated rings. The lowest BCUT2D eigenvalue weighted by Gasteiger charge is -2.26. The van der Waals surface area contributed by atoms with Crippen LogP contribution in [0, 0.1) is 0 Å². The molecule has 3 aromatic rings. The third-order valence-electron chi connectivity index (χ3n) is 4.68. The number of H-pyrrole nitrogens is 1. The van der Waals surface area contributed by atoms with E-state index >= 15 is 0 Å². The predicted molar refractivity (Wildman–Crippen MR) is 109 cm³/mol. The van der Waals surface area contributed by atoms with E-state index in [4.69, 9.17) is 27.9 Å². The fraction of sp³-hybridized carbons (Fsp3) is 0.389. The van der Waals surface area contributed by atoms with E-state index in [-0.39, 0.29) is 5.56 Å². The van der Waals surface area contributed by atoms with Crippen molar-refractivity contribution in [2.24, 2.45) is 0 Å². The molecule has 0 amide bonds. The number of nitrogens with one attached hydrogen (secondary N) is 2. The quantitative estimate of drug-likeness (QED) is 0.633. The van der Waals surface area contributed by atoms with E-state index in [9.17, 15) is 4.79 Å². The van der Waals surface area contributed by atoms with Crippen LogP contribution < -0.4 is 10.9 Å². The predicted octanol–water partition coefficient (Wildman–Crippen LogP) is 2.37. The molecular weight excluding hydrogens is 403 g/mol. The second-order valence-corrected chi connectivity index (χ2v) is 7.39. The first-order valence-electron chi connectivity index (χ1n) is 9.04. The van der Waals surface area contributed by atoms with E-state index in [1.165, 1.54) is 0 Å². The third-order valence-corrected chi connectivity index (χ3v) is 5.41. The molecule has 0 unspecified atom stereocenters. The van der Waals surface area contributed by atoms with Crippen molar-refractivity contribution in [2.45, 2.75) is 13.1 Å². The average Bonchev–Trinajstić information content (AvgIpc) is 3.12. The Morgan fingerprint density at radius 3 is 2.79 bits per heavy atom. The molecule has 0 aliphatic carbocycles. The first-order chi connectivity index (χ1) is 13.6. The number of ether oxygens (including phenoxy) is 1. The van der Waals surface area contributed by atoms with Crippen molar-refractivity contribution in [3.63, 3.8) is 0 Å². The second kappa shape index (κ2) is 8.48. The van der Waals surface area contributed by atoms with Crippen molar-refractivity contribution in [1.82, 2.24) is 24.6 Å². The number of benzene rings is 1. The molecule has 1 aliphatic heterocycles. The summed E-state index contributed by atoms with van der Waals surface area (Å²) in [5.41, 5.74) is 1.75. The molecule has 0 bridgehead atoms. The number of aromatic nitrogens is 4. The molecule has 2 aromatic heterocycles. The topological polar surface area (TPSA) is 88.1 Å². The van der Waals surface area contributed by atoms with Crippen LogP contribution in [0.3, 0.4) is 0 Å². The zero-order chi connectivity index (χ0) is 19.5. The van der Waals surface area contributed by atoms with E-state index in [1.54, 1.807) is 23.0 Å². The largest absolute Gasteiger partial charge is 0.379 e. The zero-order valence-corrected chi connectivity index (χ0v) is 16.6. The Labute approximate surface area is 171 Å². The highest BCUT2D eigenvalue weighted by atomic mass is 35.5. The monoisotopic (exact) mass is 422 g/mol. The molecule has 28 heavy (non-hydrogen) atoms. The van der Waals surface area contributed by atoms with Gasteiger partial charge in [-0.3, -0.25) is 19.4 Å². The van der Waals surface area contributed by atoms with Crippen LogP contribution in [0.15, 0.2) is 29.2 Å². The molecular formula is C18H20Cl2N6O2. The Bertz CT molecular complexity index is 1030. The number of fused-ring (bicyclic) bond motifs is 1. The highest BCUT2D eigenvalue weighted by molar-refractivity contribution is 6.42. The van der Waals surface area contributed by atoms with Crippen molar-refractivity contribution in [2.75, 3.05) is 38.2 Å². The van der Waals surface area contributed by atoms with Crippen LogP contribution in [0.5, 0.6) is 0 Å². The summed E-state index contributed by atoms with van der Waals surface area (Å²) in [4.78, 5) is 22.1. The molecule has 0 saturated carbocycles. The molecule has 0 spiro atoms. The number of morpholine rings is 1. The highest BCUT2D eigenvalue weighted by Gasteiger charge is 2.14. The number of rotatable bonds is 6. The van der Waals surface area contributed by atoms with Crippen LogP contribution in [-0.4, -0.2) is 57.5 Å². The van der Waals surface area contributed by atoms with Gasteiger partial charge in [-0.2, -0.15) is 5.10 Å². The van der Waals surface area contributed by atoms with Crippen LogP contribution in [0.4, 0.5) is 5.95 Å². The number of aromatic amines is 1. The first-order valence-corrected chi connectivity index (χ1v) is 9.79. The van der Waals surface area contributed by atoms with Gasteiger partial charge in [0.1, 0.15) is 5.52 Å². The smallest absolute Gasteiger partial charge is 0.278 e. The van der Waals surface area contributed by atoms with Gasteiger partial charge in [-0.1, -0.05) is 29.3 Å². The fourth-order valence-corrected chi connectivity index (χ4v) is 3.48. The Balaban J connectivity index is 1.46. The summed E-state index contributed by atoms with van der Waals surface area (Å²) < 4.78 is 7.06. The van der Waals surface area contributed by atoms with Crippen molar-refractivity contribution in [3.8, 4) is 0 Å². The van der Waals surface area contributed by atoms with Gasteiger partial charge in [0.05, 0.1) is 36.0 Å². The maximum atomic E-state index is 12.6. The summed E-state index contributed by atoms with van der Waals surface area (Å²) >= 11 is 12.0. The third kappa shape index (κ3) is 4.30. The highest BCUT2D eigenvalue weighted by Crippen LogP contribution is 2.22. The van der Waals surface area contributed by atoms with Crippen LogP contribution in [-0.2, 0) is 17.8 Å². The molecule has 148 valence electrons. The van der Waals surface area contributed by atoms with Gasteiger partial charge < -0.3 is 10.1 Å². The summed E-state index contributed by atoms with van der Waals surface area (Å²) in [6.07, 6.45) is 1.62. The van der Waals surface area contributed by atoms with E-state index in [0.29, 0.717) is 40.1 Å². The molecule has 4 rings (SSSR count). The average molecular weight is 423 g/mol. The van der Waals surface area contributed by atoms with Crippen LogP contribution in [0.1, 0.15) is 5.56 Å². The summed E-state index contributed by atoms with van der Waals surface area (Å²) in [6.45, 7) is 5.19. The van der Waals surface area contributed by atoms with Crippen LogP contribution >= 0.6 is 23.2 Å². The van der Waals surface area contributed by atoms with Crippen molar-refractivity contribution in [1.29, 1.82) is 0 Å². The number of hydrogen-bond acceptors (Lipinski definition) is 6. The molecule has 10 heteroatoms. The van der Waals surface area contributed by atoms with Gasteiger partial charge in [0.15, 0.2) is 5.52 Å². The Kier molecular flexibility index (Phi) is 5.82. The standard InChI is InChI=1S/C18H20Cl2N6O2/c19-13-2-1-12(9-14(13)20)10-21-18-23-15-11-22-26(16(15)17(27)24-18)4-3-25-5-7-28-8-6-25/h1-2,9,11H,3-8,10H2,(H2,21,23,24,27). The van der Waals surface area contributed by atoms with Gasteiger partial charge in [0, 0.05) is 26.2 Å². The van der Waals surface area contributed by atoms with Crippen molar-refractivity contribution < 1.29 is 4.74 Å². The molecule has 0 atom stereocenters. The molecule has 1 aromatic carbocycles. The Morgan fingerprint density at radius 2 is 2.00 bits per heavy atom. The van der Waals surface area contributed by atoms with Crippen LogP contribution in [0.25, 0.3) is 11.0 Å². The Morgan fingerprint density at radius 1 is 1.18 bits per heavy atom. The van der Waals surface area contributed by atoms with Gasteiger partial charge in [-0.25, -0.2) is 4.98 Å². The number of anilines is 1. The van der Waals surface area contributed by atoms with E-state index in [2.05, 4.69) is 25.3 Å². The summed E-state index contributed by atoms with van der Waals surface area (Å²) in [5.74, 6) is 0.385. The zero-order valence-electron chi connectivity index (χ0n) is 15.1. The molecule has 0 radical (unpaired) electrons. The molecule has 2 N–H and O–H groups in total. The minimum absolute atomic E-state index is 0.221. The van der Waals surface area contributed by atoms with Gasteiger partial charge in [0.25, 0.3) is 5.56 Å². The summed E-state index contributed by atoms with van der Waals surface area (Å²) in [5, 5.41) is 8.43. The van der Waals surface area contributed by atoms with Gasteiger partial charge in [-0.05, 0) is 17.7 Å². The van der Waals surface area contributed by atoms with Crippen LogP contribution in [0.2, 0.25) is 10.0 Å². The lowest BCUT2D eigenvalue weighted by molar-refractivity contribution is 0.0361. The molecule has 8 nitrogen and oxygen atoms in total. The lowest BCUT2D eigenvalue weighted by atomic mass is 10.2. The number of hydrogen-bond donors (Lipinski definition) is 2. The number of halogens is 2. The fourth-order valence-electron chi connectivity index (χ4n) is 3.16. The maximum absolute atomic E-state index is 12.6. The molecule has 1 aliphatic rings. The minimum atomic E-state index is -0.221. The normalized spacial score (nSPS) is 15.2.